The van der Waals surface area contributed by atoms with Gasteiger partial charge in [0.25, 0.3) is 0 Å². The lowest BCUT2D eigenvalue weighted by Gasteiger charge is -2.09. The molecule has 0 saturated heterocycles. The number of ketones is 1. The Bertz CT molecular complexity index is 363. The third-order valence-electron chi connectivity index (χ3n) is 2.31. The third-order valence-corrected chi connectivity index (χ3v) is 2.31. The number of rotatable bonds is 6. The fourth-order valence-corrected chi connectivity index (χ4v) is 1.41. The van der Waals surface area contributed by atoms with Crippen molar-refractivity contribution in [3.8, 4) is 11.5 Å². The van der Waals surface area contributed by atoms with Gasteiger partial charge in [-0.05, 0) is 25.2 Å². The molecule has 0 fully saturated rings. The molecule has 16 heavy (non-hydrogen) atoms. The van der Waals surface area contributed by atoms with Crippen molar-refractivity contribution in [2.24, 2.45) is 0 Å². The summed E-state index contributed by atoms with van der Waals surface area (Å²) in [5, 5.41) is 2.94. The first-order chi connectivity index (χ1) is 7.72. The molecule has 4 heteroatoms. The van der Waals surface area contributed by atoms with Crippen LogP contribution in [0.4, 0.5) is 0 Å². The second-order valence-electron chi connectivity index (χ2n) is 3.34. The molecule has 4 nitrogen and oxygen atoms in total. The molecule has 1 rings (SSSR count). The van der Waals surface area contributed by atoms with E-state index in [4.69, 9.17) is 9.47 Å². The normalized spacial score (nSPS) is 9.94. The molecule has 0 aliphatic heterocycles. The van der Waals surface area contributed by atoms with Gasteiger partial charge in [-0.2, -0.15) is 0 Å². The van der Waals surface area contributed by atoms with Crippen molar-refractivity contribution < 1.29 is 14.3 Å². The molecule has 0 unspecified atom stereocenters. The highest BCUT2D eigenvalue weighted by Gasteiger charge is 2.12. The van der Waals surface area contributed by atoms with Gasteiger partial charge in [0, 0.05) is 13.0 Å². The Morgan fingerprint density at radius 2 is 2.06 bits per heavy atom. The molecule has 0 bridgehead atoms. The quantitative estimate of drug-likeness (QED) is 0.742. The second kappa shape index (κ2) is 6.12. The van der Waals surface area contributed by atoms with Crippen LogP contribution in [0.1, 0.15) is 16.8 Å². The summed E-state index contributed by atoms with van der Waals surface area (Å²) in [6.07, 6.45) is 0.444. The lowest BCUT2D eigenvalue weighted by molar-refractivity contribution is 0.0980. The van der Waals surface area contributed by atoms with Crippen LogP contribution in [0.3, 0.4) is 0 Å². The Hall–Kier alpha value is -1.55. The zero-order valence-corrected chi connectivity index (χ0v) is 9.87. The molecule has 0 amide bonds. The maximum Gasteiger partial charge on any atom is 0.168 e. The number of hydrogen-bond acceptors (Lipinski definition) is 4. The fraction of sp³-hybridized carbons (Fsp3) is 0.417. The lowest BCUT2D eigenvalue weighted by atomic mass is 10.1. The van der Waals surface area contributed by atoms with Gasteiger partial charge in [0.05, 0.1) is 19.8 Å². The number of nitrogens with one attached hydrogen (secondary N) is 1. The predicted molar refractivity (Wildman–Crippen MR) is 62.4 cm³/mol. The standard InChI is InChI=1S/C12H17NO3/c1-13-7-6-11(14)10-8-9(15-2)4-5-12(10)16-3/h4-5,8,13H,6-7H2,1-3H3. The zero-order valence-electron chi connectivity index (χ0n) is 9.87. The van der Waals surface area contributed by atoms with Gasteiger partial charge in [-0.25, -0.2) is 0 Å². The largest absolute Gasteiger partial charge is 0.497 e. The van der Waals surface area contributed by atoms with E-state index >= 15 is 0 Å². The number of hydrogen-bond donors (Lipinski definition) is 1. The zero-order chi connectivity index (χ0) is 12.0. The van der Waals surface area contributed by atoms with Crippen LogP contribution < -0.4 is 14.8 Å². The van der Waals surface area contributed by atoms with Crippen molar-refractivity contribution in [3.63, 3.8) is 0 Å². The van der Waals surface area contributed by atoms with Crippen molar-refractivity contribution in [1.82, 2.24) is 5.32 Å². The number of Topliss-reactive ketones (excluding diaryl/α,β-unsaturated/α-hetero) is 1. The monoisotopic (exact) mass is 223 g/mol. The third kappa shape index (κ3) is 2.97. The Balaban J connectivity index is 2.94. The van der Waals surface area contributed by atoms with Crippen LogP contribution in [0, 0.1) is 0 Å². The van der Waals surface area contributed by atoms with E-state index in [0.717, 1.165) is 0 Å². The van der Waals surface area contributed by atoms with Crippen LogP contribution in [-0.4, -0.2) is 33.6 Å². The average Bonchev–Trinajstić information content (AvgIpc) is 2.35. The van der Waals surface area contributed by atoms with Gasteiger partial charge < -0.3 is 14.8 Å². The Morgan fingerprint density at radius 3 is 2.62 bits per heavy atom. The first kappa shape index (κ1) is 12.5. The van der Waals surface area contributed by atoms with E-state index < -0.39 is 0 Å². The SMILES string of the molecule is CNCCC(=O)c1cc(OC)ccc1OC. The van der Waals surface area contributed by atoms with E-state index in [9.17, 15) is 4.79 Å². The van der Waals surface area contributed by atoms with Crippen molar-refractivity contribution in [1.29, 1.82) is 0 Å². The number of carbonyl (C=O) groups is 1. The van der Waals surface area contributed by atoms with E-state index in [1.54, 1.807) is 32.4 Å². The molecule has 0 radical (unpaired) electrons. The molecule has 88 valence electrons. The maximum atomic E-state index is 11.9. The van der Waals surface area contributed by atoms with Crippen molar-refractivity contribution in [2.75, 3.05) is 27.8 Å². The van der Waals surface area contributed by atoms with E-state index in [0.29, 0.717) is 30.0 Å². The Labute approximate surface area is 95.6 Å². The number of benzene rings is 1. The predicted octanol–water partition coefficient (Wildman–Crippen LogP) is 1.50. The molecule has 0 saturated carbocycles. The summed E-state index contributed by atoms with van der Waals surface area (Å²) in [5.41, 5.74) is 0.567. The Morgan fingerprint density at radius 1 is 1.31 bits per heavy atom. The van der Waals surface area contributed by atoms with E-state index in [1.165, 1.54) is 0 Å². The summed E-state index contributed by atoms with van der Waals surface area (Å²) in [4.78, 5) is 11.9. The molecule has 0 aliphatic carbocycles. The van der Waals surface area contributed by atoms with Crippen molar-refractivity contribution >= 4 is 5.78 Å². The highest BCUT2D eigenvalue weighted by molar-refractivity contribution is 5.99. The molecule has 1 N–H and O–H groups in total. The lowest BCUT2D eigenvalue weighted by Crippen LogP contribution is -2.13. The van der Waals surface area contributed by atoms with E-state index in [2.05, 4.69) is 5.32 Å². The van der Waals surface area contributed by atoms with Crippen LogP contribution >= 0.6 is 0 Å². The van der Waals surface area contributed by atoms with Gasteiger partial charge in [-0.15, -0.1) is 0 Å². The van der Waals surface area contributed by atoms with E-state index in [-0.39, 0.29) is 5.78 Å². The number of methoxy groups -OCH3 is 2. The Kier molecular flexibility index (Phi) is 4.79. The van der Waals surface area contributed by atoms with Gasteiger partial charge >= 0.3 is 0 Å². The molecular formula is C12H17NO3. The van der Waals surface area contributed by atoms with E-state index in [1.807, 2.05) is 7.05 Å². The van der Waals surface area contributed by atoms with Crippen molar-refractivity contribution in [3.05, 3.63) is 23.8 Å². The van der Waals surface area contributed by atoms with Gasteiger partial charge in [-0.1, -0.05) is 0 Å². The number of carbonyl (C=O) groups excluding carboxylic acids is 1. The highest BCUT2D eigenvalue weighted by atomic mass is 16.5. The summed E-state index contributed by atoms with van der Waals surface area (Å²) < 4.78 is 10.2. The summed E-state index contributed by atoms with van der Waals surface area (Å²) in [6, 6.07) is 5.22. The molecule has 0 atom stereocenters. The molecule has 1 aromatic rings. The minimum Gasteiger partial charge on any atom is -0.497 e. The summed E-state index contributed by atoms with van der Waals surface area (Å²) in [7, 11) is 4.94. The minimum atomic E-state index is 0.0464. The van der Waals surface area contributed by atoms with Gasteiger partial charge in [0.2, 0.25) is 0 Å². The molecule has 0 heterocycles. The maximum absolute atomic E-state index is 11.9. The number of ether oxygens (including phenoxy) is 2. The smallest absolute Gasteiger partial charge is 0.168 e. The fourth-order valence-electron chi connectivity index (χ4n) is 1.41. The molecule has 0 spiro atoms. The van der Waals surface area contributed by atoms with Gasteiger partial charge in [-0.3, -0.25) is 4.79 Å². The average molecular weight is 223 g/mol. The topological polar surface area (TPSA) is 47.6 Å². The van der Waals surface area contributed by atoms with Crippen LogP contribution in [0.25, 0.3) is 0 Å². The molecular weight excluding hydrogens is 206 g/mol. The van der Waals surface area contributed by atoms with Gasteiger partial charge in [0.15, 0.2) is 5.78 Å². The molecule has 0 aliphatic rings. The molecule has 0 aromatic heterocycles. The second-order valence-corrected chi connectivity index (χ2v) is 3.34. The van der Waals surface area contributed by atoms with Crippen LogP contribution in [0.15, 0.2) is 18.2 Å². The van der Waals surface area contributed by atoms with Crippen LogP contribution in [0.2, 0.25) is 0 Å². The van der Waals surface area contributed by atoms with Crippen molar-refractivity contribution in [2.45, 2.75) is 6.42 Å². The summed E-state index contributed by atoms with van der Waals surface area (Å²) in [5.74, 6) is 1.29. The van der Waals surface area contributed by atoms with Crippen LogP contribution in [0.5, 0.6) is 11.5 Å². The summed E-state index contributed by atoms with van der Waals surface area (Å²) in [6.45, 7) is 0.652. The van der Waals surface area contributed by atoms with Gasteiger partial charge in [0.1, 0.15) is 11.5 Å². The van der Waals surface area contributed by atoms with Crippen LogP contribution in [-0.2, 0) is 0 Å². The highest BCUT2D eigenvalue weighted by Crippen LogP contribution is 2.24. The molecule has 1 aromatic carbocycles. The first-order valence-electron chi connectivity index (χ1n) is 5.12. The summed E-state index contributed by atoms with van der Waals surface area (Å²) >= 11 is 0. The first-order valence-corrected chi connectivity index (χ1v) is 5.12. The minimum absolute atomic E-state index is 0.0464.